The molecule has 0 unspecified atom stereocenters. The first kappa shape index (κ1) is 16.5. The molecule has 1 N–H and O–H groups in total. The van der Waals surface area contributed by atoms with E-state index in [2.05, 4.69) is 10.1 Å². The molecular weight excluding hydrogens is 213 g/mol. The molecule has 0 spiro atoms. The molecule has 0 aliphatic heterocycles. The number of methoxy groups -OCH3 is 1. The van der Waals surface area contributed by atoms with Gasteiger partial charge in [-0.3, -0.25) is 0 Å². The van der Waals surface area contributed by atoms with E-state index >= 15 is 0 Å². The van der Waals surface area contributed by atoms with Crippen LogP contribution in [0.5, 0.6) is 0 Å². The first-order valence-electron chi connectivity index (χ1n) is 3.76. The molecule has 0 atom stereocenters. The Labute approximate surface area is 125 Å². The standard InChI is InChI=1S/C8H13NO4.K/c1-6(5-8(12)13-2)9-4-3-7(10)11;/h5,9H,3-4H2,1-2H3,(H,10,11);/q;+1/p-1/b6-5-;. The second-order valence-electron chi connectivity index (χ2n) is 2.40. The molecule has 0 amide bonds. The van der Waals surface area contributed by atoms with E-state index in [9.17, 15) is 14.7 Å². The first-order chi connectivity index (χ1) is 6.06. The van der Waals surface area contributed by atoms with Crippen LogP contribution >= 0.6 is 0 Å². The summed E-state index contributed by atoms with van der Waals surface area (Å²) in [6, 6.07) is 0. The number of hydrogen-bond donors (Lipinski definition) is 1. The van der Waals surface area contributed by atoms with Crippen LogP contribution in [0, 0.1) is 0 Å². The number of rotatable bonds is 5. The fourth-order valence-electron chi connectivity index (χ4n) is 0.648. The minimum Gasteiger partial charge on any atom is -0.550 e. The van der Waals surface area contributed by atoms with E-state index in [-0.39, 0.29) is 64.4 Å². The van der Waals surface area contributed by atoms with Crippen LogP contribution in [-0.2, 0) is 14.3 Å². The molecule has 0 fully saturated rings. The van der Waals surface area contributed by atoms with Crippen molar-refractivity contribution in [2.45, 2.75) is 13.3 Å². The minimum absolute atomic E-state index is 0. The maximum atomic E-state index is 10.7. The number of ether oxygens (including phenoxy) is 1. The third-order valence-electron chi connectivity index (χ3n) is 1.27. The Kier molecular flexibility index (Phi) is 11.4. The second-order valence-corrected chi connectivity index (χ2v) is 2.40. The van der Waals surface area contributed by atoms with Crippen LogP contribution in [0.25, 0.3) is 0 Å². The number of carbonyl (C=O) groups is 2. The normalized spacial score (nSPS) is 10.0. The van der Waals surface area contributed by atoms with E-state index in [0.717, 1.165) is 0 Å². The average Bonchev–Trinajstić information content (AvgIpc) is 2.03. The number of esters is 1. The predicted molar refractivity (Wildman–Crippen MR) is 43.4 cm³/mol. The smallest absolute Gasteiger partial charge is 0.550 e. The Morgan fingerprint density at radius 2 is 2.07 bits per heavy atom. The molecule has 0 saturated carbocycles. The van der Waals surface area contributed by atoms with Gasteiger partial charge in [0.15, 0.2) is 0 Å². The van der Waals surface area contributed by atoms with Crippen molar-refractivity contribution in [2.24, 2.45) is 0 Å². The summed E-state index contributed by atoms with van der Waals surface area (Å²) in [5.41, 5.74) is 0.563. The zero-order valence-electron chi connectivity index (χ0n) is 8.62. The Morgan fingerprint density at radius 3 is 2.50 bits per heavy atom. The summed E-state index contributed by atoms with van der Waals surface area (Å²) in [6.07, 6.45) is 1.15. The maximum absolute atomic E-state index is 10.7. The summed E-state index contributed by atoms with van der Waals surface area (Å²) >= 11 is 0. The van der Waals surface area contributed by atoms with Crippen molar-refractivity contribution in [2.75, 3.05) is 13.7 Å². The van der Waals surface area contributed by atoms with E-state index in [0.29, 0.717) is 5.70 Å². The average molecular weight is 225 g/mol. The van der Waals surface area contributed by atoms with Crippen LogP contribution in [0.2, 0.25) is 0 Å². The van der Waals surface area contributed by atoms with Crippen LogP contribution in [-0.4, -0.2) is 25.6 Å². The fourth-order valence-corrected chi connectivity index (χ4v) is 0.648. The third kappa shape index (κ3) is 10.2. The third-order valence-corrected chi connectivity index (χ3v) is 1.27. The summed E-state index contributed by atoms with van der Waals surface area (Å²) in [4.78, 5) is 20.6. The Morgan fingerprint density at radius 1 is 1.50 bits per heavy atom. The van der Waals surface area contributed by atoms with E-state index in [1.807, 2.05) is 0 Å². The van der Waals surface area contributed by atoms with Crippen LogP contribution in [0.3, 0.4) is 0 Å². The Hall–Kier alpha value is 0.116. The molecule has 14 heavy (non-hydrogen) atoms. The zero-order valence-corrected chi connectivity index (χ0v) is 11.7. The van der Waals surface area contributed by atoms with E-state index in [4.69, 9.17) is 0 Å². The van der Waals surface area contributed by atoms with Crippen LogP contribution in [0.1, 0.15) is 13.3 Å². The molecule has 0 aliphatic rings. The van der Waals surface area contributed by atoms with E-state index in [1.165, 1.54) is 13.2 Å². The summed E-state index contributed by atoms with van der Waals surface area (Å²) in [6.45, 7) is 1.88. The molecule has 5 nitrogen and oxygen atoms in total. The largest absolute Gasteiger partial charge is 1.00 e. The molecule has 0 aromatic rings. The van der Waals surface area contributed by atoms with Crippen molar-refractivity contribution >= 4 is 11.9 Å². The number of carboxylic acids is 1. The maximum Gasteiger partial charge on any atom is 1.00 e. The van der Waals surface area contributed by atoms with Gasteiger partial charge in [-0.2, -0.15) is 0 Å². The van der Waals surface area contributed by atoms with Gasteiger partial charge in [0.2, 0.25) is 0 Å². The Bertz CT molecular complexity index is 227. The summed E-state index contributed by atoms with van der Waals surface area (Å²) in [7, 11) is 1.27. The van der Waals surface area contributed by atoms with Crippen molar-refractivity contribution in [3.05, 3.63) is 11.8 Å². The predicted octanol–water partition coefficient (Wildman–Crippen LogP) is -4.20. The molecule has 0 radical (unpaired) electrons. The molecule has 0 saturated heterocycles. The zero-order chi connectivity index (χ0) is 10.3. The molecule has 0 bridgehead atoms. The van der Waals surface area contributed by atoms with Gasteiger partial charge < -0.3 is 20.0 Å². The van der Waals surface area contributed by atoms with Gasteiger partial charge in [0, 0.05) is 30.7 Å². The number of hydrogen-bond acceptors (Lipinski definition) is 5. The molecule has 6 heteroatoms. The molecule has 0 aliphatic carbocycles. The first-order valence-corrected chi connectivity index (χ1v) is 3.76. The van der Waals surface area contributed by atoms with Gasteiger partial charge in [0.25, 0.3) is 0 Å². The molecule has 74 valence electrons. The quantitative estimate of drug-likeness (QED) is 0.291. The summed E-state index contributed by atoms with van der Waals surface area (Å²) in [5.74, 6) is -1.60. The van der Waals surface area contributed by atoms with Crippen molar-refractivity contribution in [3.8, 4) is 0 Å². The van der Waals surface area contributed by atoms with E-state index < -0.39 is 11.9 Å². The van der Waals surface area contributed by atoms with Crippen molar-refractivity contribution in [1.82, 2.24) is 5.32 Å². The van der Waals surface area contributed by atoms with Crippen LogP contribution in [0.15, 0.2) is 11.8 Å². The fraction of sp³-hybridized carbons (Fsp3) is 0.500. The SMILES string of the molecule is COC(=O)/C=C(/C)NCCC(=O)[O-].[K+]. The monoisotopic (exact) mass is 225 g/mol. The second kappa shape index (κ2) is 9.66. The van der Waals surface area contributed by atoms with Gasteiger partial charge in [-0.25, -0.2) is 4.79 Å². The van der Waals surface area contributed by atoms with Gasteiger partial charge in [0.1, 0.15) is 0 Å². The summed E-state index contributed by atoms with van der Waals surface area (Å²) < 4.78 is 4.36. The van der Waals surface area contributed by atoms with Crippen LogP contribution < -0.4 is 61.8 Å². The van der Waals surface area contributed by atoms with Gasteiger partial charge in [-0.05, 0) is 6.92 Å². The number of nitrogens with one attached hydrogen (secondary N) is 1. The molecular formula is C8H12KNO4. The summed E-state index contributed by atoms with van der Waals surface area (Å²) in [5, 5.41) is 12.7. The Balaban J connectivity index is 0. The van der Waals surface area contributed by atoms with Gasteiger partial charge >= 0.3 is 57.4 Å². The van der Waals surface area contributed by atoms with Crippen LogP contribution in [0.4, 0.5) is 0 Å². The number of aliphatic carboxylic acids is 1. The minimum atomic E-state index is -1.13. The molecule has 0 rings (SSSR count). The van der Waals surface area contributed by atoms with Crippen molar-refractivity contribution in [1.29, 1.82) is 0 Å². The number of carbonyl (C=O) groups excluding carboxylic acids is 2. The number of allylic oxidation sites excluding steroid dienone is 1. The number of carboxylic acid groups (broad SMARTS) is 1. The molecule has 0 aromatic heterocycles. The van der Waals surface area contributed by atoms with E-state index in [1.54, 1.807) is 6.92 Å². The van der Waals surface area contributed by atoms with Gasteiger partial charge in [-0.15, -0.1) is 0 Å². The van der Waals surface area contributed by atoms with Crippen molar-refractivity contribution < 1.29 is 70.8 Å². The topological polar surface area (TPSA) is 78.5 Å². The molecule has 0 aromatic carbocycles. The van der Waals surface area contributed by atoms with Gasteiger partial charge in [-0.1, -0.05) is 0 Å². The van der Waals surface area contributed by atoms with Crippen molar-refractivity contribution in [3.63, 3.8) is 0 Å². The molecule has 0 heterocycles. The van der Waals surface area contributed by atoms with Gasteiger partial charge in [0.05, 0.1) is 7.11 Å².